The Bertz CT molecular complexity index is 679. The minimum absolute atomic E-state index is 0.217. The third kappa shape index (κ3) is 4.77. The first-order valence-electron chi connectivity index (χ1n) is 7.17. The van der Waals surface area contributed by atoms with Gasteiger partial charge in [0, 0.05) is 11.5 Å². The lowest BCUT2D eigenvalue weighted by molar-refractivity contribution is -0.152. The van der Waals surface area contributed by atoms with Crippen LogP contribution in [0.3, 0.4) is 0 Å². The number of hydrogen-bond donors (Lipinski definition) is 0. The maximum atomic E-state index is 13.0. The van der Waals surface area contributed by atoms with E-state index in [1.165, 1.54) is 18.2 Å². The second kappa shape index (κ2) is 6.76. The molecule has 0 amide bonds. The van der Waals surface area contributed by atoms with Gasteiger partial charge >= 0.3 is 5.97 Å². The Morgan fingerprint density at radius 3 is 2.74 bits per heavy atom. The van der Waals surface area contributed by atoms with Gasteiger partial charge in [0.1, 0.15) is 11.6 Å². The number of esters is 1. The highest BCUT2D eigenvalue weighted by atomic mass is 19.1. The number of rotatable bonds is 5. The highest BCUT2D eigenvalue weighted by Gasteiger charge is 2.24. The zero-order valence-corrected chi connectivity index (χ0v) is 13.5. The van der Waals surface area contributed by atoms with Crippen molar-refractivity contribution in [3.63, 3.8) is 0 Å². The van der Waals surface area contributed by atoms with Gasteiger partial charge in [-0.25, -0.2) is 9.18 Å². The van der Waals surface area contributed by atoms with E-state index in [1.54, 1.807) is 13.0 Å². The van der Waals surface area contributed by atoms with Crippen LogP contribution in [0.15, 0.2) is 28.8 Å². The quantitative estimate of drug-likeness (QED) is 0.787. The molecule has 23 heavy (non-hydrogen) atoms. The lowest BCUT2D eigenvalue weighted by atomic mass is 9.96. The summed E-state index contributed by atoms with van der Waals surface area (Å²) in [7, 11) is 0. The Morgan fingerprint density at radius 1 is 1.39 bits per heavy atom. The maximum absolute atomic E-state index is 13.0. The van der Waals surface area contributed by atoms with Crippen molar-refractivity contribution in [2.75, 3.05) is 6.61 Å². The number of hydrogen-bond acceptors (Lipinski definition) is 6. The van der Waals surface area contributed by atoms with Gasteiger partial charge in [0.15, 0.2) is 18.5 Å². The third-order valence-corrected chi connectivity index (χ3v) is 2.92. The molecule has 2 rings (SSSR count). The molecule has 7 heteroatoms. The molecule has 0 saturated heterocycles. The summed E-state index contributed by atoms with van der Waals surface area (Å²) in [6.45, 7) is 7.13. The van der Waals surface area contributed by atoms with Gasteiger partial charge in [-0.1, -0.05) is 32.0 Å². The summed E-state index contributed by atoms with van der Waals surface area (Å²) in [6.07, 6.45) is -0.692. The zero-order chi connectivity index (χ0) is 17.0. The molecular formula is C16H19FN2O4. The molecule has 0 radical (unpaired) electrons. The third-order valence-electron chi connectivity index (χ3n) is 2.92. The maximum Gasteiger partial charge on any atom is 0.344 e. The van der Waals surface area contributed by atoms with Crippen molar-refractivity contribution in [3.8, 4) is 5.75 Å². The number of carbonyl (C=O) groups is 1. The largest absolute Gasteiger partial charge is 0.482 e. The van der Waals surface area contributed by atoms with Crippen LogP contribution in [0.4, 0.5) is 4.39 Å². The van der Waals surface area contributed by atoms with Crippen LogP contribution < -0.4 is 4.74 Å². The van der Waals surface area contributed by atoms with Crippen LogP contribution in [0.2, 0.25) is 0 Å². The molecule has 6 nitrogen and oxygen atoms in total. The number of halogens is 1. The van der Waals surface area contributed by atoms with Crippen molar-refractivity contribution in [3.05, 3.63) is 41.8 Å². The van der Waals surface area contributed by atoms with E-state index < -0.39 is 17.9 Å². The molecule has 0 bridgehead atoms. The first-order valence-corrected chi connectivity index (χ1v) is 7.17. The molecule has 1 atom stereocenters. The molecule has 0 N–H and O–H groups in total. The fourth-order valence-electron chi connectivity index (χ4n) is 1.69. The molecule has 0 saturated carbocycles. The van der Waals surface area contributed by atoms with Crippen molar-refractivity contribution in [1.82, 2.24) is 10.1 Å². The topological polar surface area (TPSA) is 74.5 Å². The monoisotopic (exact) mass is 322 g/mol. The van der Waals surface area contributed by atoms with E-state index in [2.05, 4.69) is 10.1 Å². The van der Waals surface area contributed by atoms with Crippen molar-refractivity contribution in [2.24, 2.45) is 0 Å². The molecule has 2 aromatic rings. The van der Waals surface area contributed by atoms with Gasteiger partial charge in [-0.2, -0.15) is 4.98 Å². The summed E-state index contributed by atoms with van der Waals surface area (Å²) in [4.78, 5) is 16.0. The van der Waals surface area contributed by atoms with Crippen molar-refractivity contribution in [2.45, 2.75) is 39.2 Å². The minimum Gasteiger partial charge on any atom is -0.482 e. The normalized spacial score (nSPS) is 12.7. The average Bonchev–Trinajstić information content (AvgIpc) is 2.95. The predicted molar refractivity (Wildman–Crippen MR) is 79.4 cm³/mol. The molecule has 1 aromatic heterocycles. The first-order chi connectivity index (χ1) is 10.8. The van der Waals surface area contributed by atoms with E-state index >= 15 is 0 Å². The van der Waals surface area contributed by atoms with E-state index in [4.69, 9.17) is 14.0 Å². The van der Waals surface area contributed by atoms with Gasteiger partial charge in [0.2, 0.25) is 0 Å². The van der Waals surface area contributed by atoms with Crippen LogP contribution in [0.1, 0.15) is 45.5 Å². The van der Waals surface area contributed by atoms with Crippen LogP contribution in [-0.4, -0.2) is 22.7 Å². The lowest BCUT2D eigenvalue weighted by Gasteiger charge is -2.12. The number of carbonyl (C=O) groups excluding carboxylic acids is 1. The van der Waals surface area contributed by atoms with E-state index in [9.17, 15) is 9.18 Å². The van der Waals surface area contributed by atoms with Gasteiger partial charge in [0.05, 0.1) is 0 Å². The molecule has 124 valence electrons. The predicted octanol–water partition coefficient (Wildman–Crippen LogP) is 3.19. The summed E-state index contributed by atoms with van der Waals surface area (Å²) >= 11 is 0. The number of aromatic nitrogens is 2. The second-order valence-electron chi connectivity index (χ2n) is 6.08. The molecule has 1 unspecified atom stereocenters. The van der Waals surface area contributed by atoms with Crippen molar-refractivity contribution >= 4 is 5.97 Å². The van der Waals surface area contributed by atoms with Gasteiger partial charge in [-0.05, 0) is 19.1 Å². The fraction of sp³-hybridized carbons (Fsp3) is 0.438. The van der Waals surface area contributed by atoms with Gasteiger partial charge in [0.25, 0.3) is 5.89 Å². The van der Waals surface area contributed by atoms with E-state index in [0.717, 1.165) is 0 Å². The SMILES string of the molecule is CC(OC(=O)COc1cccc(F)c1)c1nc(C(C)(C)C)no1. The van der Waals surface area contributed by atoms with Gasteiger partial charge < -0.3 is 14.0 Å². The van der Waals surface area contributed by atoms with Crippen LogP contribution >= 0.6 is 0 Å². The fourth-order valence-corrected chi connectivity index (χ4v) is 1.69. The number of ether oxygens (including phenoxy) is 2. The van der Waals surface area contributed by atoms with Crippen molar-refractivity contribution < 1.29 is 23.2 Å². The summed E-state index contributed by atoms with van der Waals surface area (Å²) in [5.41, 5.74) is -0.258. The average molecular weight is 322 g/mol. The summed E-state index contributed by atoms with van der Waals surface area (Å²) in [5, 5.41) is 3.87. The van der Waals surface area contributed by atoms with Crippen LogP contribution in [0.5, 0.6) is 5.75 Å². The van der Waals surface area contributed by atoms with E-state index in [-0.39, 0.29) is 23.7 Å². The van der Waals surface area contributed by atoms with Crippen LogP contribution in [0, 0.1) is 5.82 Å². The first kappa shape index (κ1) is 16.9. The standard InChI is InChI=1S/C16H19FN2O4/c1-10(14-18-15(19-23-14)16(2,3)4)22-13(20)9-21-12-7-5-6-11(17)8-12/h5-8,10H,9H2,1-4H3. The molecule has 0 fully saturated rings. The Kier molecular flexibility index (Phi) is 4.98. The molecule has 0 aliphatic rings. The summed E-state index contributed by atoms with van der Waals surface area (Å²) in [6, 6.07) is 5.51. The Morgan fingerprint density at radius 2 is 2.13 bits per heavy atom. The minimum atomic E-state index is -0.692. The molecule has 0 aliphatic carbocycles. The van der Waals surface area contributed by atoms with E-state index in [1.807, 2.05) is 20.8 Å². The molecule has 1 heterocycles. The van der Waals surface area contributed by atoms with Gasteiger partial charge in [-0.3, -0.25) is 0 Å². The molecule has 0 aliphatic heterocycles. The highest BCUT2D eigenvalue weighted by molar-refractivity contribution is 5.71. The lowest BCUT2D eigenvalue weighted by Crippen LogP contribution is -2.17. The molecular weight excluding hydrogens is 303 g/mol. The van der Waals surface area contributed by atoms with Gasteiger partial charge in [-0.15, -0.1) is 0 Å². The number of nitrogens with zero attached hydrogens (tertiary/aromatic N) is 2. The molecule has 0 spiro atoms. The highest BCUT2D eigenvalue weighted by Crippen LogP contribution is 2.22. The Labute approximate surface area is 133 Å². The Hall–Kier alpha value is -2.44. The zero-order valence-electron chi connectivity index (χ0n) is 13.5. The van der Waals surface area contributed by atoms with Crippen LogP contribution in [0.25, 0.3) is 0 Å². The Balaban J connectivity index is 1.88. The second-order valence-corrected chi connectivity index (χ2v) is 6.08. The summed E-state index contributed by atoms with van der Waals surface area (Å²) in [5.74, 6) is -0.0510. The van der Waals surface area contributed by atoms with E-state index in [0.29, 0.717) is 5.82 Å². The number of benzene rings is 1. The smallest absolute Gasteiger partial charge is 0.344 e. The molecule has 1 aromatic carbocycles. The van der Waals surface area contributed by atoms with Crippen molar-refractivity contribution in [1.29, 1.82) is 0 Å². The van der Waals surface area contributed by atoms with Crippen LogP contribution in [-0.2, 0) is 14.9 Å². The summed E-state index contributed by atoms with van der Waals surface area (Å²) < 4.78 is 28.4.